The molecule has 1 rings (SSSR count). The minimum Gasteiger partial charge on any atom is -0.364 e. The van der Waals surface area contributed by atoms with E-state index in [1.807, 2.05) is 0 Å². The van der Waals surface area contributed by atoms with E-state index < -0.39 is 35.0 Å². The number of nitrogens with two attached hydrogens (primary N) is 1. The lowest BCUT2D eigenvalue weighted by Gasteiger charge is -2.01. The van der Waals surface area contributed by atoms with Gasteiger partial charge in [-0.2, -0.15) is 0 Å². The summed E-state index contributed by atoms with van der Waals surface area (Å²) in [5, 5.41) is 0. The molecular weight excluding hydrogens is 201 g/mol. The molecule has 0 bridgehead atoms. The van der Waals surface area contributed by atoms with Crippen LogP contribution in [0, 0.1) is 5.82 Å². The SMILES string of the molecule is NC(=O)c1cc(F)c(C(F)F)c(=O)[nH]1. The Morgan fingerprint density at radius 3 is 2.43 bits per heavy atom. The highest BCUT2D eigenvalue weighted by molar-refractivity contribution is 5.90. The van der Waals surface area contributed by atoms with Crippen molar-refractivity contribution in [3.8, 4) is 0 Å². The predicted octanol–water partition coefficient (Wildman–Crippen LogP) is 0.551. The van der Waals surface area contributed by atoms with Crippen LogP contribution in [0.3, 0.4) is 0 Å². The number of hydrogen-bond acceptors (Lipinski definition) is 2. The molecule has 0 aliphatic carbocycles. The van der Waals surface area contributed by atoms with E-state index in [0.29, 0.717) is 6.07 Å². The van der Waals surface area contributed by atoms with Gasteiger partial charge in [-0.25, -0.2) is 13.2 Å². The van der Waals surface area contributed by atoms with Crippen LogP contribution in [-0.4, -0.2) is 10.9 Å². The van der Waals surface area contributed by atoms with Crippen molar-refractivity contribution in [2.75, 3.05) is 0 Å². The van der Waals surface area contributed by atoms with E-state index in [9.17, 15) is 22.8 Å². The minimum atomic E-state index is -3.24. The highest BCUT2D eigenvalue weighted by Gasteiger charge is 2.19. The molecule has 1 amide bonds. The predicted molar refractivity (Wildman–Crippen MR) is 40.5 cm³/mol. The number of amides is 1. The third-order valence-corrected chi connectivity index (χ3v) is 1.50. The molecule has 0 fully saturated rings. The van der Waals surface area contributed by atoms with Crippen molar-refractivity contribution in [2.45, 2.75) is 6.43 Å². The van der Waals surface area contributed by atoms with Gasteiger partial charge in [0.25, 0.3) is 17.9 Å². The standard InChI is InChI=1S/C7H5F3N2O2/c8-2-1-3(6(11)13)12-7(14)4(2)5(9)10/h1,5H,(H2,11,13)(H,12,14). The zero-order chi connectivity index (χ0) is 10.9. The molecule has 0 aromatic carbocycles. The molecule has 3 N–H and O–H groups in total. The van der Waals surface area contributed by atoms with Gasteiger partial charge in [0, 0.05) is 6.07 Å². The maximum atomic E-state index is 12.8. The van der Waals surface area contributed by atoms with Crippen molar-refractivity contribution < 1.29 is 18.0 Å². The van der Waals surface area contributed by atoms with Crippen molar-refractivity contribution in [1.29, 1.82) is 0 Å². The molecule has 0 atom stereocenters. The second kappa shape index (κ2) is 3.52. The number of carbonyl (C=O) groups excluding carboxylic acids is 1. The Kier molecular flexibility index (Phi) is 2.59. The molecule has 0 aliphatic rings. The van der Waals surface area contributed by atoms with Crippen molar-refractivity contribution >= 4 is 5.91 Å². The number of carbonyl (C=O) groups is 1. The van der Waals surface area contributed by atoms with E-state index in [1.54, 1.807) is 4.98 Å². The molecule has 1 aromatic heterocycles. The molecule has 76 valence electrons. The third kappa shape index (κ3) is 1.76. The zero-order valence-corrected chi connectivity index (χ0v) is 6.68. The Morgan fingerprint density at radius 1 is 1.50 bits per heavy atom. The summed E-state index contributed by atoms with van der Waals surface area (Å²) in [6.45, 7) is 0. The van der Waals surface area contributed by atoms with Crippen LogP contribution in [0.15, 0.2) is 10.9 Å². The van der Waals surface area contributed by atoms with E-state index in [4.69, 9.17) is 5.73 Å². The monoisotopic (exact) mass is 206 g/mol. The number of pyridine rings is 1. The Bertz CT molecular complexity index is 427. The van der Waals surface area contributed by atoms with Crippen LogP contribution in [0.5, 0.6) is 0 Å². The molecule has 1 heterocycles. The molecule has 0 saturated carbocycles. The smallest absolute Gasteiger partial charge is 0.272 e. The van der Waals surface area contributed by atoms with Gasteiger partial charge < -0.3 is 10.7 Å². The lowest BCUT2D eigenvalue weighted by molar-refractivity contribution is 0.0993. The maximum Gasteiger partial charge on any atom is 0.272 e. The van der Waals surface area contributed by atoms with Crippen LogP contribution in [0.4, 0.5) is 13.2 Å². The van der Waals surface area contributed by atoms with Crippen LogP contribution in [0.1, 0.15) is 22.5 Å². The average Bonchev–Trinajstić information content (AvgIpc) is 2.01. The number of alkyl halides is 2. The molecule has 0 unspecified atom stereocenters. The van der Waals surface area contributed by atoms with Crippen LogP contribution in [0.25, 0.3) is 0 Å². The molecule has 0 spiro atoms. The number of halogens is 3. The van der Waals surface area contributed by atoms with Gasteiger partial charge in [-0.1, -0.05) is 0 Å². The second-order valence-electron chi connectivity index (χ2n) is 2.44. The van der Waals surface area contributed by atoms with Gasteiger partial charge in [0.15, 0.2) is 0 Å². The van der Waals surface area contributed by atoms with Gasteiger partial charge in [0.05, 0.1) is 0 Å². The highest BCUT2D eigenvalue weighted by atomic mass is 19.3. The number of aromatic nitrogens is 1. The maximum absolute atomic E-state index is 12.8. The molecule has 7 heteroatoms. The first-order valence-corrected chi connectivity index (χ1v) is 3.44. The Labute approximate surface area is 75.5 Å². The van der Waals surface area contributed by atoms with Gasteiger partial charge in [-0.05, 0) is 0 Å². The first-order chi connectivity index (χ1) is 6.43. The van der Waals surface area contributed by atoms with E-state index in [1.165, 1.54) is 0 Å². The molecule has 0 radical (unpaired) electrons. The van der Waals surface area contributed by atoms with E-state index >= 15 is 0 Å². The molecule has 0 aliphatic heterocycles. The lowest BCUT2D eigenvalue weighted by Crippen LogP contribution is -2.23. The average molecular weight is 206 g/mol. The van der Waals surface area contributed by atoms with Gasteiger partial charge in [-0.3, -0.25) is 9.59 Å². The summed E-state index contributed by atoms with van der Waals surface area (Å²) in [6, 6.07) is 0.464. The number of H-pyrrole nitrogens is 1. The van der Waals surface area contributed by atoms with E-state index in [0.717, 1.165) is 0 Å². The van der Waals surface area contributed by atoms with Crippen LogP contribution < -0.4 is 11.3 Å². The van der Waals surface area contributed by atoms with Crippen LogP contribution in [0.2, 0.25) is 0 Å². The number of hydrogen-bond donors (Lipinski definition) is 2. The summed E-state index contributed by atoms with van der Waals surface area (Å²) < 4.78 is 36.9. The summed E-state index contributed by atoms with van der Waals surface area (Å²) in [7, 11) is 0. The van der Waals surface area contributed by atoms with Crippen LogP contribution >= 0.6 is 0 Å². The number of nitrogens with one attached hydrogen (secondary N) is 1. The summed E-state index contributed by atoms with van der Waals surface area (Å²) in [5.74, 6) is -2.54. The fraction of sp³-hybridized carbons (Fsp3) is 0.143. The highest BCUT2D eigenvalue weighted by Crippen LogP contribution is 2.17. The van der Waals surface area contributed by atoms with Crippen LogP contribution in [-0.2, 0) is 0 Å². The Hall–Kier alpha value is -1.79. The van der Waals surface area contributed by atoms with Gasteiger partial charge in [0.1, 0.15) is 17.1 Å². The molecule has 14 heavy (non-hydrogen) atoms. The largest absolute Gasteiger partial charge is 0.364 e. The van der Waals surface area contributed by atoms with Crippen molar-refractivity contribution in [1.82, 2.24) is 4.98 Å². The molecule has 1 aromatic rings. The summed E-state index contributed by atoms with van der Waals surface area (Å²) in [4.78, 5) is 23.1. The fourth-order valence-electron chi connectivity index (χ4n) is 0.875. The third-order valence-electron chi connectivity index (χ3n) is 1.50. The first kappa shape index (κ1) is 10.3. The first-order valence-electron chi connectivity index (χ1n) is 3.44. The number of primary amides is 1. The van der Waals surface area contributed by atoms with Crippen molar-refractivity contribution in [3.05, 3.63) is 33.5 Å². The van der Waals surface area contributed by atoms with E-state index in [-0.39, 0.29) is 0 Å². The number of rotatable bonds is 2. The van der Waals surface area contributed by atoms with Crippen molar-refractivity contribution in [2.24, 2.45) is 5.73 Å². The summed E-state index contributed by atoms with van der Waals surface area (Å²) in [5.41, 5.74) is 1.52. The quantitative estimate of drug-likeness (QED) is 0.741. The lowest BCUT2D eigenvalue weighted by atomic mass is 10.2. The second-order valence-corrected chi connectivity index (χ2v) is 2.44. The number of aromatic amines is 1. The Morgan fingerprint density at radius 2 is 2.07 bits per heavy atom. The van der Waals surface area contributed by atoms with Crippen molar-refractivity contribution in [3.63, 3.8) is 0 Å². The molecule has 4 nitrogen and oxygen atoms in total. The Balaban J connectivity index is 3.40. The van der Waals surface area contributed by atoms with Gasteiger partial charge in [-0.15, -0.1) is 0 Å². The molecular formula is C7H5F3N2O2. The minimum absolute atomic E-state index is 0.464. The fourth-order valence-corrected chi connectivity index (χ4v) is 0.875. The van der Waals surface area contributed by atoms with Gasteiger partial charge >= 0.3 is 0 Å². The topological polar surface area (TPSA) is 76.0 Å². The summed E-state index contributed by atoms with van der Waals surface area (Å²) in [6.07, 6.45) is -3.24. The van der Waals surface area contributed by atoms with E-state index in [2.05, 4.69) is 0 Å². The summed E-state index contributed by atoms with van der Waals surface area (Å²) >= 11 is 0. The zero-order valence-electron chi connectivity index (χ0n) is 6.68. The van der Waals surface area contributed by atoms with Gasteiger partial charge in [0.2, 0.25) is 0 Å². The molecule has 0 saturated heterocycles. The normalized spacial score (nSPS) is 10.6.